The van der Waals surface area contributed by atoms with Crippen molar-refractivity contribution in [2.45, 2.75) is 20.6 Å². The quantitative estimate of drug-likeness (QED) is 0.851. The molecule has 0 aliphatic carbocycles. The van der Waals surface area contributed by atoms with Crippen LogP contribution in [0.5, 0.6) is 0 Å². The Labute approximate surface area is 127 Å². The Morgan fingerprint density at radius 3 is 2.76 bits per heavy atom. The molecule has 10 heteroatoms. The molecule has 1 aromatic heterocycles. The predicted molar refractivity (Wildman–Crippen MR) is 75.4 cm³/mol. The largest absolute Gasteiger partial charge is 0.481 e. The molecule has 0 aliphatic heterocycles. The van der Waals surface area contributed by atoms with Crippen molar-refractivity contribution < 1.29 is 22.7 Å². The molecule has 0 fully saturated rings. The van der Waals surface area contributed by atoms with Gasteiger partial charge in [-0.15, -0.1) is 11.3 Å². The van der Waals surface area contributed by atoms with Crippen molar-refractivity contribution in [2.24, 2.45) is 5.14 Å². The molecule has 1 aromatic carbocycles. The van der Waals surface area contributed by atoms with Crippen molar-refractivity contribution >= 4 is 39.1 Å². The van der Waals surface area contributed by atoms with Gasteiger partial charge in [0, 0.05) is 5.38 Å². The van der Waals surface area contributed by atoms with Gasteiger partial charge >= 0.3 is 5.97 Å². The molecule has 112 valence electrons. The number of carboxylic acids is 1. The van der Waals surface area contributed by atoms with Crippen molar-refractivity contribution in [2.75, 3.05) is 0 Å². The Morgan fingerprint density at radius 1 is 1.48 bits per heavy atom. The van der Waals surface area contributed by atoms with E-state index < -0.39 is 21.8 Å². The van der Waals surface area contributed by atoms with Gasteiger partial charge in [-0.2, -0.15) is 0 Å². The van der Waals surface area contributed by atoms with Crippen LogP contribution >= 0.6 is 23.1 Å². The smallest absolute Gasteiger partial charge is 0.309 e. The summed E-state index contributed by atoms with van der Waals surface area (Å²) >= 11 is 2.17. The average molecular weight is 348 g/mol. The molecule has 1 heterocycles. The van der Waals surface area contributed by atoms with Crippen LogP contribution in [0.25, 0.3) is 0 Å². The van der Waals surface area contributed by atoms with Crippen LogP contribution in [0.3, 0.4) is 0 Å². The van der Waals surface area contributed by atoms with Crippen LogP contribution in [0.15, 0.2) is 37.7 Å². The van der Waals surface area contributed by atoms with Gasteiger partial charge in [0.2, 0.25) is 10.0 Å². The third-order valence-corrected chi connectivity index (χ3v) is 5.24. The highest BCUT2D eigenvalue weighted by molar-refractivity contribution is 8.01. The summed E-state index contributed by atoms with van der Waals surface area (Å²) in [5, 5.41) is 15.1. The third kappa shape index (κ3) is 4.24. The van der Waals surface area contributed by atoms with E-state index >= 15 is 0 Å². The van der Waals surface area contributed by atoms with Gasteiger partial charge in [-0.05, 0) is 18.2 Å². The van der Waals surface area contributed by atoms with Gasteiger partial charge in [-0.25, -0.2) is 22.9 Å². The molecule has 2 rings (SSSR count). The fourth-order valence-corrected chi connectivity index (χ4v) is 3.72. The summed E-state index contributed by atoms with van der Waals surface area (Å²) in [4.78, 5) is 14.5. The summed E-state index contributed by atoms with van der Waals surface area (Å²) < 4.78 is 36.5. The van der Waals surface area contributed by atoms with Gasteiger partial charge in [-0.3, -0.25) is 4.79 Å². The van der Waals surface area contributed by atoms with Crippen molar-refractivity contribution in [3.05, 3.63) is 35.1 Å². The van der Waals surface area contributed by atoms with Gasteiger partial charge in [0.15, 0.2) is 4.34 Å². The van der Waals surface area contributed by atoms with E-state index in [4.69, 9.17) is 10.2 Å². The van der Waals surface area contributed by atoms with Crippen molar-refractivity contribution in [3.63, 3.8) is 0 Å². The van der Waals surface area contributed by atoms with Crippen molar-refractivity contribution in [1.82, 2.24) is 4.98 Å². The SMILES string of the molecule is NS(=O)(=O)c1ccc(Sc2nc(CC(=O)O)cs2)c(F)c1. The van der Waals surface area contributed by atoms with E-state index in [1.165, 1.54) is 23.5 Å². The zero-order chi connectivity index (χ0) is 15.6. The number of hydrogen-bond donors (Lipinski definition) is 2. The van der Waals surface area contributed by atoms with E-state index in [0.717, 1.165) is 17.8 Å². The zero-order valence-corrected chi connectivity index (χ0v) is 12.8. The number of sulfonamides is 1. The highest BCUT2D eigenvalue weighted by atomic mass is 32.2. The molecule has 2 aromatic rings. The minimum Gasteiger partial charge on any atom is -0.481 e. The normalized spacial score (nSPS) is 11.5. The van der Waals surface area contributed by atoms with Gasteiger partial charge in [0.1, 0.15) is 5.82 Å². The van der Waals surface area contributed by atoms with E-state index in [9.17, 15) is 17.6 Å². The van der Waals surface area contributed by atoms with Crippen molar-refractivity contribution in [3.8, 4) is 0 Å². The fraction of sp³-hybridized carbons (Fsp3) is 0.0909. The summed E-state index contributed by atoms with van der Waals surface area (Å²) in [6, 6.07) is 3.33. The van der Waals surface area contributed by atoms with Crippen LogP contribution < -0.4 is 5.14 Å². The average Bonchev–Trinajstić information content (AvgIpc) is 2.77. The van der Waals surface area contributed by atoms with Gasteiger partial charge in [-0.1, -0.05) is 11.8 Å². The Morgan fingerprint density at radius 2 is 2.19 bits per heavy atom. The maximum Gasteiger partial charge on any atom is 0.309 e. The Balaban J connectivity index is 2.20. The molecular formula is C11H9FN2O4S3. The summed E-state index contributed by atoms with van der Waals surface area (Å²) in [5.41, 5.74) is 0.386. The Bertz CT molecular complexity index is 789. The Kier molecular flexibility index (Phi) is 4.61. The number of carbonyl (C=O) groups is 1. The number of aromatic nitrogens is 1. The summed E-state index contributed by atoms with van der Waals surface area (Å²) in [7, 11) is -3.95. The number of thiazole rings is 1. The zero-order valence-electron chi connectivity index (χ0n) is 10.3. The van der Waals surface area contributed by atoms with Crippen molar-refractivity contribution in [1.29, 1.82) is 0 Å². The number of hydrogen-bond acceptors (Lipinski definition) is 6. The van der Waals surface area contributed by atoms with E-state index in [1.54, 1.807) is 5.38 Å². The molecular weight excluding hydrogens is 339 g/mol. The topological polar surface area (TPSA) is 110 Å². The summed E-state index contributed by atoms with van der Waals surface area (Å²) in [6.45, 7) is 0. The first-order valence-electron chi connectivity index (χ1n) is 5.42. The van der Waals surface area contributed by atoms with Crippen LogP contribution in [-0.2, 0) is 21.2 Å². The molecule has 0 aliphatic rings. The van der Waals surface area contributed by atoms with Gasteiger partial charge in [0.05, 0.1) is 21.9 Å². The predicted octanol–water partition coefficient (Wildman–Crippen LogP) is 1.71. The first-order chi connectivity index (χ1) is 9.75. The molecule has 0 atom stereocenters. The second kappa shape index (κ2) is 6.10. The highest BCUT2D eigenvalue weighted by Crippen LogP contribution is 2.33. The number of benzene rings is 1. The van der Waals surface area contributed by atoms with E-state index in [0.29, 0.717) is 10.0 Å². The van der Waals surface area contributed by atoms with Crippen LogP contribution in [0.1, 0.15) is 5.69 Å². The highest BCUT2D eigenvalue weighted by Gasteiger charge is 2.14. The Hall–Kier alpha value is -1.49. The van der Waals surface area contributed by atoms with Crippen LogP contribution in [0.2, 0.25) is 0 Å². The van der Waals surface area contributed by atoms with Gasteiger partial charge < -0.3 is 5.11 Å². The maximum absolute atomic E-state index is 13.8. The number of rotatable bonds is 5. The summed E-state index contributed by atoms with van der Waals surface area (Å²) in [6.07, 6.45) is -0.204. The second-order valence-corrected chi connectivity index (χ2v) is 7.62. The van der Waals surface area contributed by atoms with Crippen LogP contribution in [-0.4, -0.2) is 24.5 Å². The minimum absolute atomic E-state index is 0.179. The number of halogens is 1. The second-order valence-electron chi connectivity index (χ2n) is 3.91. The molecule has 0 spiro atoms. The number of nitrogens with zero attached hydrogens (tertiary/aromatic N) is 1. The molecule has 0 bridgehead atoms. The lowest BCUT2D eigenvalue weighted by atomic mass is 10.3. The minimum atomic E-state index is -3.95. The number of primary sulfonamides is 1. The number of carboxylic acid groups (broad SMARTS) is 1. The first kappa shape index (κ1) is 15.9. The standard InChI is InChI=1S/C11H9FN2O4S3/c12-8-4-7(21(13,17)18)1-2-9(8)20-11-14-6(5-19-11)3-10(15)16/h1-2,4-5H,3H2,(H,15,16)(H2,13,17,18). The summed E-state index contributed by atoms with van der Waals surface area (Å²) in [5.74, 6) is -1.73. The molecule has 3 N–H and O–H groups in total. The molecule has 21 heavy (non-hydrogen) atoms. The monoisotopic (exact) mass is 348 g/mol. The van der Waals surface area contributed by atoms with E-state index in [-0.39, 0.29) is 16.2 Å². The van der Waals surface area contributed by atoms with E-state index in [2.05, 4.69) is 4.98 Å². The molecule has 0 saturated heterocycles. The molecule has 0 saturated carbocycles. The fourth-order valence-electron chi connectivity index (χ4n) is 1.41. The van der Waals surface area contributed by atoms with Crippen LogP contribution in [0.4, 0.5) is 4.39 Å². The maximum atomic E-state index is 13.8. The molecule has 0 radical (unpaired) electrons. The third-order valence-electron chi connectivity index (χ3n) is 2.29. The molecule has 0 unspecified atom stereocenters. The van der Waals surface area contributed by atoms with E-state index in [1.807, 2.05) is 0 Å². The number of nitrogens with two attached hydrogens (primary N) is 1. The lowest BCUT2D eigenvalue weighted by molar-refractivity contribution is -0.136. The molecule has 6 nitrogen and oxygen atoms in total. The lowest BCUT2D eigenvalue weighted by Gasteiger charge is -2.02. The van der Waals surface area contributed by atoms with Crippen LogP contribution in [0, 0.1) is 5.82 Å². The first-order valence-corrected chi connectivity index (χ1v) is 8.66. The van der Waals surface area contributed by atoms with Gasteiger partial charge in [0.25, 0.3) is 0 Å². The number of aliphatic carboxylic acids is 1. The molecule has 0 amide bonds. The lowest BCUT2D eigenvalue weighted by Crippen LogP contribution is -2.12.